The molecule has 1 aromatic carbocycles. The summed E-state index contributed by atoms with van der Waals surface area (Å²) in [5.41, 5.74) is 0.691. The Hall–Kier alpha value is -1.40. The van der Waals surface area contributed by atoms with Gasteiger partial charge in [0.05, 0.1) is 12.2 Å². The molecule has 0 radical (unpaired) electrons. The van der Waals surface area contributed by atoms with Crippen molar-refractivity contribution in [2.75, 3.05) is 11.9 Å². The summed E-state index contributed by atoms with van der Waals surface area (Å²) in [6.07, 6.45) is 1.92. The number of carboxylic acids is 1. The Balaban J connectivity index is 1.99. The van der Waals surface area contributed by atoms with Gasteiger partial charge < -0.3 is 10.4 Å². The summed E-state index contributed by atoms with van der Waals surface area (Å²) in [5.74, 6) is -1.09. The zero-order valence-corrected chi connectivity index (χ0v) is 12.8. The molecule has 1 unspecified atom stereocenters. The second kappa shape index (κ2) is 6.37. The van der Waals surface area contributed by atoms with Crippen LogP contribution in [0.15, 0.2) is 28.7 Å². The largest absolute Gasteiger partial charge is 0.480 e. The predicted molar refractivity (Wildman–Crippen MR) is 79.6 cm³/mol. The number of para-hydroxylation sites is 1. The van der Waals surface area contributed by atoms with Crippen molar-refractivity contribution in [3.8, 4) is 0 Å². The number of carbonyl (C=O) groups is 2. The minimum atomic E-state index is -0.898. The van der Waals surface area contributed by atoms with Gasteiger partial charge in [-0.2, -0.15) is 0 Å². The van der Waals surface area contributed by atoms with Crippen LogP contribution in [-0.2, 0) is 9.59 Å². The molecule has 2 rings (SSSR count). The number of rotatable bonds is 6. The lowest BCUT2D eigenvalue weighted by Gasteiger charge is -2.25. The SMILES string of the molecule is CC(C(=O)O)N(CC(=O)Nc1ccccc1Br)C1CC1. The van der Waals surface area contributed by atoms with Gasteiger partial charge in [-0.05, 0) is 47.8 Å². The normalized spacial score (nSPS) is 15.9. The highest BCUT2D eigenvalue weighted by Crippen LogP contribution is 2.29. The Morgan fingerprint density at radius 2 is 2.10 bits per heavy atom. The Morgan fingerprint density at radius 1 is 1.45 bits per heavy atom. The number of halogens is 1. The van der Waals surface area contributed by atoms with Crippen molar-refractivity contribution in [2.45, 2.75) is 31.8 Å². The summed E-state index contributed by atoms with van der Waals surface area (Å²) in [6, 6.07) is 6.90. The van der Waals surface area contributed by atoms with Crippen molar-refractivity contribution in [1.82, 2.24) is 4.90 Å². The smallest absolute Gasteiger partial charge is 0.320 e. The molecule has 1 fully saturated rings. The van der Waals surface area contributed by atoms with Crippen molar-refractivity contribution < 1.29 is 14.7 Å². The number of aliphatic carboxylic acids is 1. The van der Waals surface area contributed by atoms with Gasteiger partial charge >= 0.3 is 5.97 Å². The molecule has 1 aliphatic rings. The average Bonchev–Trinajstić information content (AvgIpc) is 3.22. The molecule has 1 amide bonds. The van der Waals surface area contributed by atoms with Gasteiger partial charge in [-0.3, -0.25) is 14.5 Å². The van der Waals surface area contributed by atoms with Gasteiger partial charge in [-0.25, -0.2) is 0 Å². The number of benzene rings is 1. The molecule has 108 valence electrons. The summed E-state index contributed by atoms with van der Waals surface area (Å²) in [5, 5.41) is 11.9. The third-order valence-corrected chi connectivity index (χ3v) is 4.04. The minimum Gasteiger partial charge on any atom is -0.480 e. The number of nitrogens with zero attached hydrogens (tertiary/aromatic N) is 1. The highest BCUT2D eigenvalue weighted by atomic mass is 79.9. The number of hydrogen-bond donors (Lipinski definition) is 2. The molecular formula is C14H17BrN2O3. The van der Waals surface area contributed by atoms with E-state index in [1.54, 1.807) is 17.9 Å². The maximum absolute atomic E-state index is 12.1. The van der Waals surface area contributed by atoms with Gasteiger partial charge in [0, 0.05) is 10.5 Å². The van der Waals surface area contributed by atoms with Crippen LogP contribution < -0.4 is 5.32 Å². The summed E-state index contributed by atoms with van der Waals surface area (Å²) in [7, 11) is 0. The van der Waals surface area contributed by atoms with E-state index in [2.05, 4.69) is 21.2 Å². The van der Waals surface area contributed by atoms with Crippen LogP contribution in [0.4, 0.5) is 5.69 Å². The molecule has 0 bridgehead atoms. The average molecular weight is 341 g/mol. The van der Waals surface area contributed by atoms with Crippen molar-refractivity contribution in [2.24, 2.45) is 0 Å². The van der Waals surface area contributed by atoms with E-state index in [4.69, 9.17) is 5.11 Å². The summed E-state index contributed by atoms with van der Waals surface area (Å²) < 4.78 is 0.803. The third-order valence-electron chi connectivity index (χ3n) is 3.34. The van der Waals surface area contributed by atoms with Gasteiger partial charge in [-0.15, -0.1) is 0 Å². The summed E-state index contributed by atoms with van der Waals surface area (Å²) in [4.78, 5) is 24.9. The Bertz CT molecular complexity index is 517. The van der Waals surface area contributed by atoms with Crippen LogP contribution >= 0.6 is 15.9 Å². The van der Waals surface area contributed by atoms with Crippen molar-refractivity contribution in [3.63, 3.8) is 0 Å². The van der Waals surface area contributed by atoms with E-state index in [-0.39, 0.29) is 18.5 Å². The topological polar surface area (TPSA) is 69.6 Å². The molecule has 0 aliphatic heterocycles. The van der Waals surface area contributed by atoms with Gasteiger partial charge in [-0.1, -0.05) is 12.1 Å². The fraction of sp³-hybridized carbons (Fsp3) is 0.429. The van der Waals surface area contributed by atoms with Gasteiger partial charge in [0.2, 0.25) is 5.91 Å². The molecule has 20 heavy (non-hydrogen) atoms. The maximum Gasteiger partial charge on any atom is 0.320 e. The molecule has 6 heteroatoms. The van der Waals surface area contributed by atoms with Gasteiger partial charge in [0.25, 0.3) is 0 Å². The van der Waals surface area contributed by atoms with E-state index in [0.29, 0.717) is 5.69 Å². The molecule has 0 saturated heterocycles. The third kappa shape index (κ3) is 3.80. The zero-order chi connectivity index (χ0) is 14.7. The summed E-state index contributed by atoms with van der Waals surface area (Å²) in [6.45, 7) is 1.71. The molecule has 1 saturated carbocycles. The van der Waals surface area contributed by atoms with Crippen LogP contribution in [-0.4, -0.2) is 40.5 Å². The van der Waals surface area contributed by atoms with Crippen LogP contribution in [0.3, 0.4) is 0 Å². The molecule has 2 N–H and O–H groups in total. The fourth-order valence-electron chi connectivity index (χ4n) is 2.05. The number of carboxylic acid groups (broad SMARTS) is 1. The lowest BCUT2D eigenvalue weighted by atomic mass is 10.2. The standard InChI is InChI=1S/C14H17BrN2O3/c1-9(14(19)20)17(10-6-7-10)8-13(18)16-12-5-3-2-4-11(12)15/h2-5,9-10H,6-8H2,1H3,(H,16,18)(H,19,20). The van der Waals surface area contributed by atoms with Crippen LogP contribution in [0.25, 0.3) is 0 Å². The number of amides is 1. The van der Waals surface area contributed by atoms with E-state index in [0.717, 1.165) is 17.3 Å². The fourth-order valence-corrected chi connectivity index (χ4v) is 2.43. The molecule has 1 atom stereocenters. The lowest BCUT2D eigenvalue weighted by molar-refractivity contribution is -0.143. The van der Waals surface area contributed by atoms with Crippen LogP contribution in [0, 0.1) is 0 Å². The molecule has 1 aromatic rings. The first kappa shape index (κ1) is 15.0. The monoisotopic (exact) mass is 340 g/mol. The highest BCUT2D eigenvalue weighted by molar-refractivity contribution is 9.10. The maximum atomic E-state index is 12.1. The van der Waals surface area contributed by atoms with Gasteiger partial charge in [0.15, 0.2) is 0 Å². The van der Waals surface area contributed by atoms with Gasteiger partial charge in [0.1, 0.15) is 6.04 Å². The summed E-state index contributed by atoms with van der Waals surface area (Å²) >= 11 is 3.36. The number of carbonyl (C=O) groups excluding carboxylic acids is 1. The number of hydrogen-bond acceptors (Lipinski definition) is 3. The second-order valence-corrected chi connectivity index (χ2v) is 5.80. The first-order chi connectivity index (χ1) is 9.49. The zero-order valence-electron chi connectivity index (χ0n) is 11.2. The number of nitrogens with one attached hydrogen (secondary N) is 1. The molecule has 0 heterocycles. The minimum absolute atomic E-state index is 0.0967. The quantitative estimate of drug-likeness (QED) is 0.833. The van der Waals surface area contributed by atoms with E-state index in [1.165, 1.54) is 0 Å². The first-order valence-corrected chi connectivity index (χ1v) is 7.31. The predicted octanol–water partition coefficient (Wildman–Crippen LogP) is 2.33. The molecule has 0 spiro atoms. The van der Waals surface area contributed by atoms with E-state index < -0.39 is 12.0 Å². The van der Waals surface area contributed by atoms with E-state index >= 15 is 0 Å². The van der Waals surface area contributed by atoms with Crippen molar-refractivity contribution in [3.05, 3.63) is 28.7 Å². The van der Waals surface area contributed by atoms with Crippen molar-refractivity contribution >= 4 is 33.5 Å². The second-order valence-electron chi connectivity index (χ2n) is 4.95. The van der Waals surface area contributed by atoms with E-state index in [1.807, 2.05) is 18.2 Å². The van der Waals surface area contributed by atoms with Crippen molar-refractivity contribution in [1.29, 1.82) is 0 Å². The highest BCUT2D eigenvalue weighted by Gasteiger charge is 2.36. The molecule has 0 aromatic heterocycles. The first-order valence-electron chi connectivity index (χ1n) is 6.52. The molecular weight excluding hydrogens is 324 g/mol. The Morgan fingerprint density at radius 3 is 2.65 bits per heavy atom. The van der Waals surface area contributed by atoms with E-state index in [9.17, 15) is 9.59 Å². The van der Waals surface area contributed by atoms with Crippen LogP contribution in [0.1, 0.15) is 19.8 Å². The molecule has 5 nitrogen and oxygen atoms in total. The Kier molecular flexibility index (Phi) is 4.77. The lowest BCUT2D eigenvalue weighted by Crippen LogP contribution is -2.44. The number of anilines is 1. The molecule has 1 aliphatic carbocycles. The Labute approximate surface area is 126 Å². The van der Waals surface area contributed by atoms with Crippen LogP contribution in [0.5, 0.6) is 0 Å². The van der Waals surface area contributed by atoms with Crippen LogP contribution in [0.2, 0.25) is 0 Å².